The molecule has 0 amide bonds. The zero-order valence-corrected chi connectivity index (χ0v) is 16.9. The van der Waals surface area contributed by atoms with Crippen molar-refractivity contribution in [1.82, 2.24) is 4.90 Å². The average Bonchev–Trinajstić information content (AvgIpc) is 2.67. The number of aryl methyl sites for hydroxylation is 2. The highest BCUT2D eigenvalue weighted by molar-refractivity contribution is 5.53. The molecule has 0 saturated heterocycles. The first kappa shape index (κ1) is 19.3. The molecule has 2 nitrogen and oxygen atoms in total. The third-order valence-corrected chi connectivity index (χ3v) is 5.54. The topological polar surface area (TPSA) is 23.5 Å². The molecule has 0 spiro atoms. The minimum Gasteiger partial charge on any atom is -0.376 e. The van der Waals surface area contributed by atoms with Crippen molar-refractivity contribution < 1.29 is 5.11 Å². The maximum Gasteiger partial charge on any atom is 0.141 e. The van der Waals surface area contributed by atoms with Crippen LogP contribution in [-0.4, -0.2) is 24.1 Å². The van der Waals surface area contributed by atoms with Crippen molar-refractivity contribution in [3.63, 3.8) is 0 Å². The van der Waals surface area contributed by atoms with E-state index in [0.29, 0.717) is 0 Å². The summed E-state index contributed by atoms with van der Waals surface area (Å²) < 4.78 is 0. The predicted octanol–water partition coefficient (Wildman–Crippen LogP) is 5.21. The lowest BCUT2D eigenvalue weighted by atomic mass is 9.75. The molecule has 0 aliphatic rings. The second-order valence-corrected chi connectivity index (χ2v) is 7.62. The summed E-state index contributed by atoms with van der Waals surface area (Å²) in [7, 11) is 4.14. The predicted molar refractivity (Wildman–Crippen MR) is 113 cm³/mol. The SMILES string of the molecule is Cc1ccc([C@@](O)(c2ccccc2)c2ccccc2[C@H](C)N(C)C)c(C)c1. The van der Waals surface area contributed by atoms with Gasteiger partial charge in [0.25, 0.3) is 0 Å². The van der Waals surface area contributed by atoms with E-state index in [0.717, 1.165) is 27.8 Å². The highest BCUT2D eigenvalue weighted by Gasteiger charge is 2.37. The van der Waals surface area contributed by atoms with Crippen LogP contribution in [0.4, 0.5) is 0 Å². The van der Waals surface area contributed by atoms with Crippen LogP contribution in [0.1, 0.15) is 46.3 Å². The van der Waals surface area contributed by atoms with Crippen LogP contribution in [0.25, 0.3) is 0 Å². The monoisotopic (exact) mass is 359 g/mol. The minimum absolute atomic E-state index is 0.183. The number of hydrogen-bond acceptors (Lipinski definition) is 2. The molecule has 0 bridgehead atoms. The first-order chi connectivity index (χ1) is 12.9. The lowest BCUT2D eigenvalue weighted by molar-refractivity contribution is 0.122. The molecule has 0 aromatic heterocycles. The fourth-order valence-corrected chi connectivity index (χ4v) is 3.82. The molecule has 27 heavy (non-hydrogen) atoms. The van der Waals surface area contributed by atoms with E-state index in [-0.39, 0.29) is 6.04 Å². The lowest BCUT2D eigenvalue weighted by Gasteiger charge is -2.35. The highest BCUT2D eigenvalue weighted by atomic mass is 16.3. The van der Waals surface area contributed by atoms with Gasteiger partial charge in [-0.05, 0) is 62.7 Å². The Hall–Kier alpha value is -2.42. The van der Waals surface area contributed by atoms with Gasteiger partial charge in [0.1, 0.15) is 5.60 Å². The Balaban J connectivity index is 2.34. The maximum atomic E-state index is 12.3. The summed E-state index contributed by atoms with van der Waals surface area (Å²) >= 11 is 0. The third kappa shape index (κ3) is 3.55. The van der Waals surface area contributed by atoms with Crippen LogP contribution < -0.4 is 0 Å². The first-order valence-electron chi connectivity index (χ1n) is 9.47. The van der Waals surface area contributed by atoms with E-state index in [1.165, 1.54) is 5.56 Å². The smallest absolute Gasteiger partial charge is 0.141 e. The van der Waals surface area contributed by atoms with Gasteiger partial charge in [-0.25, -0.2) is 0 Å². The van der Waals surface area contributed by atoms with Crippen molar-refractivity contribution in [2.45, 2.75) is 32.4 Å². The van der Waals surface area contributed by atoms with Gasteiger partial charge < -0.3 is 10.0 Å². The molecule has 0 heterocycles. The molecule has 0 unspecified atom stereocenters. The van der Waals surface area contributed by atoms with E-state index in [1.54, 1.807) is 0 Å². The molecule has 2 heteroatoms. The van der Waals surface area contributed by atoms with Gasteiger partial charge in [0.2, 0.25) is 0 Å². The van der Waals surface area contributed by atoms with Gasteiger partial charge in [-0.15, -0.1) is 0 Å². The normalized spacial score (nSPS) is 14.8. The van der Waals surface area contributed by atoms with Crippen LogP contribution in [0, 0.1) is 13.8 Å². The fraction of sp³-hybridized carbons (Fsp3) is 0.280. The molecule has 3 aromatic rings. The highest BCUT2D eigenvalue weighted by Crippen LogP contribution is 2.41. The van der Waals surface area contributed by atoms with Crippen LogP contribution in [0.5, 0.6) is 0 Å². The van der Waals surface area contributed by atoms with E-state index in [2.05, 4.69) is 70.1 Å². The number of nitrogens with zero attached hydrogens (tertiary/aromatic N) is 1. The van der Waals surface area contributed by atoms with Gasteiger partial charge in [-0.1, -0.05) is 78.4 Å². The summed E-state index contributed by atoms with van der Waals surface area (Å²) in [5.41, 5.74) is 4.96. The molecule has 140 valence electrons. The molecule has 1 N–H and O–H groups in total. The maximum absolute atomic E-state index is 12.3. The van der Waals surface area contributed by atoms with Gasteiger partial charge in [0, 0.05) is 6.04 Å². The van der Waals surface area contributed by atoms with Crippen molar-refractivity contribution in [2.75, 3.05) is 14.1 Å². The number of hydrogen-bond donors (Lipinski definition) is 1. The second-order valence-electron chi connectivity index (χ2n) is 7.62. The summed E-state index contributed by atoms with van der Waals surface area (Å²) in [5.74, 6) is 0. The number of benzene rings is 3. The van der Waals surface area contributed by atoms with Crippen LogP contribution in [0.15, 0.2) is 72.8 Å². The Bertz CT molecular complexity index is 917. The van der Waals surface area contributed by atoms with Gasteiger partial charge in [0.05, 0.1) is 0 Å². The fourth-order valence-electron chi connectivity index (χ4n) is 3.82. The summed E-state index contributed by atoms with van der Waals surface area (Å²) in [6.45, 7) is 6.33. The largest absolute Gasteiger partial charge is 0.376 e. The van der Waals surface area contributed by atoms with Gasteiger partial charge >= 0.3 is 0 Å². The summed E-state index contributed by atoms with van der Waals surface area (Å²) in [6, 6.07) is 24.7. The molecule has 0 fully saturated rings. The standard InChI is InChI=1S/C25H29NO/c1-18-15-16-23(19(2)17-18)25(27,21-11-7-6-8-12-21)24-14-10-9-13-22(24)20(3)26(4)5/h6-17,20,27H,1-5H3/t20-,25-/m0/s1. The van der Waals surface area contributed by atoms with E-state index >= 15 is 0 Å². The number of aliphatic hydroxyl groups is 1. The molecule has 0 aliphatic heterocycles. The van der Waals surface area contributed by atoms with Crippen molar-refractivity contribution in [1.29, 1.82) is 0 Å². The van der Waals surface area contributed by atoms with Gasteiger partial charge in [-0.2, -0.15) is 0 Å². The van der Waals surface area contributed by atoms with Crippen molar-refractivity contribution >= 4 is 0 Å². The van der Waals surface area contributed by atoms with Crippen LogP contribution in [0.2, 0.25) is 0 Å². The zero-order valence-electron chi connectivity index (χ0n) is 16.9. The van der Waals surface area contributed by atoms with E-state index in [9.17, 15) is 5.11 Å². The first-order valence-corrected chi connectivity index (χ1v) is 9.47. The molecule has 3 aromatic carbocycles. The van der Waals surface area contributed by atoms with Crippen molar-refractivity contribution in [2.24, 2.45) is 0 Å². The Morgan fingerprint density at radius 1 is 0.815 bits per heavy atom. The number of rotatable bonds is 5. The molecular weight excluding hydrogens is 330 g/mol. The van der Waals surface area contributed by atoms with Gasteiger partial charge in [0.15, 0.2) is 0 Å². The van der Waals surface area contributed by atoms with Crippen LogP contribution in [-0.2, 0) is 5.60 Å². The summed E-state index contributed by atoms with van der Waals surface area (Å²) in [6.07, 6.45) is 0. The van der Waals surface area contributed by atoms with Crippen LogP contribution in [0.3, 0.4) is 0 Å². The average molecular weight is 360 g/mol. The summed E-state index contributed by atoms with van der Waals surface area (Å²) in [5, 5.41) is 12.3. The zero-order chi connectivity index (χ0) is 19.6. The minimum atomic E-state index is -1.21. The molecule has 2 atom stereocenters. The Labute approximate surface area is 163 Å². The van der Waals surface area contributed by atoms with E-state index in [4.69, 9.17) is 0 Å². The van der Waals surface area contributed by atoms with Crippen LogP contribution >= 0.6 is 0 Å². The molecular formula is C25H29NO. The quantitative estimate of drug-likeness (QED) is 0.632. The van der Waals surface area contributed by atoms with Crippen molar-refractivity contribution in [3.05, 3.63) is 106 Å². The lowest BCUT2D eigenvalue weighted by Crippen LogP contribution is -2.32. The summed E-state index contributed by atoms with van der Waals surface area (Å²) in [4.78, 5) is 2.17. The van der Waals surface area contributed by atoms with Gasteiger partial charge in [-0.3, -0.25) is 0 Å². The Kier molecular flexibility index (Phi) is 5.50. The molecule has 0 radical (unpaired) electrons. The molecule has 0 saturated carbocycles. The molecule has 3 rings (SSSR count). The van der Waals surface area contributed by atoms with E-state index < -0.39 is 5.60 Å². The Morgan fingerprint density at radius 3 is 2.07 bits per heavy atom. The second kappa shape index (κ2) is 7.67. The molecule has 0 aliphatic carbocycles. The van der Waals surface area contributed by atoms with Crippen molar-refractivity contribution in [3.8, 4) is 0 Å². The van der Waals surface area contributed by atoms with E-state index in [1.807, 2.05) is 42.5 Å². The third-order valence-electron chi connectivity index (χ3n) is 5.54. The Morgan fingerprint density at radius 2 is 1.44 bits per heavy atom.